The van der Waals surface area contributed by atoms with E-state index in [-0.39, 0.29) is 0 Å². The van der Waals surface area contributed by atoms with Crippen LogP contribution in [-0.2, 0) is 0 Å². The van der Waals surface area contributed by atoms with E-state index in [1.54, 1.807) is 11.3 Å². The summed E-state index contributed by atoms with van der Waals surface area (Å²) in [5, 5.41) is 4.46. The summed E-state index contributed by atoms with van der Waals surface area (Å²) in [6.45, 7) is 7.08. The van der Waals surface area contributed by atoms with Gasteiger partial charge in [0, 0.05) is 6.04 Å². The zero-order valence-corrected chi connectivity index (χ0v) is 13.8. The van der Waals surface area contributed by atoms with Gasteiger partial charge in [0.1, 0.15) is 5.52 Å². The molecule has 2 unspecified atom stereocenters. The topological polar surface area (TPSA) is 24.9 Å². The van der Waals surface area contributed by atoms with E-state index >= 15 is 0 Å². The Morgan fingerprint density at radius 3 is 2.95 bits per heavy atom. The van der Waals surface area contributed by atoms with Crippen molar-refractivity contribution in [3.05, 3.63) is 22.7 Å². The second kappa shape index (κ2) is 5.19. The second-order valence-electron chi connectivity index (χ2n) is 6.76. The summed E-state index contributed by atoms with van der Waals surface area (Å²) < 4.78 is 1.20. The third kappa shape index (κ3) is 2.66. The predicted molar refractivity (Wildman–Crippen MR) is 88.8 cm³/mol. The fraction of sp³-hybridized carbons (Fsp3) is 0.562. The Morgan fingerprint density at radius 1 is 1.40 bits per heavy atom. The lowest BCUT2D eigenvalue weighted by Gasteiger charge is -2.40. The number of halogens is 1. The van der Waals surface area contributed by atoms with Crippen LogP contribution in [0, 0.1) is 11.3 Å². The van der Waals surface area contributed by atoms with Crippen LogP contribution in [0.5, 0.6) is 0 Å². The third-order valence-corrected chi connectivity index (χ3v) is 5.58. The molecule has 20 heavy (non-hydrogen) atoms. The van der Waals surface area contributed by atoms with Crippen LogP contribution in [0.25, 0.3) is 10.2 Å². The van der Waals surface area contributed by atoms with Crippen molar-refractivity contribution in [3.63, 3.8) is 0 Å². The fourth-order valence-corrected chi connectivity index (χ4v) is 4.28. The molecule has 4 heteroatoms. The van der Waals surface area contributed by atoms with Crippen molar-refractivity contribution >= 4 is 38.8 Å². The van der Waals surface area contributed by atoms with E-state index in [1.165, 1.54) is 24.0 Å². The number of fused-ring (bicyclic) bond motifs is 1. The smallest absolute Gasteiger partial charge is 0.106 e. The summed E-state index contributed by atoms with van der Waals surface area (Å²) in [6.07, 6.45) is 3.72. The maximum Gasteiger partial charge on any atom is 0.106 e. The van der Waals surface area contributed by atoms with E-state index in [9.17, 15) is 0 Å². The number of aromatic nitrogens is 1. The number of hydrogen-bond donors (Lipinski definition) is 1. The molecule has 1 saturated carbocycles. The van der Waals surface area contributed by atoms with Crippen LogP contribution in [0.3, 0.4) is 0 Å². The van der Waals surface area contributed by atoms with E-state index in [0.29, 0.717) is 17.4 Å². The average molecular weight is 309 g/mol. The first-order chi connectivity index (χ1) is 9.46. The average Bonchev–Trinajstić information content (AvgIpc) is 2.83. The molecule has 2 aromatic rings. The van der Waals surface area contributed by atoms with Crippen molar-refractivity contribution in [3.8, 4) is 0 Å². The van der Waals surface area contributed by atoms with Crippen molar-refractivity contribution in [1.29, 1.82) is 0 Å². The SMILES string of the molecule is CC1CC(C)(C)CCC1Nc1c(Cl)ccc2scnc12. The van der Waals surface area contributed by atoms with Crippen LogP contribution in [0.4, 0.5) is 5.69 Å². The highest BCUT2D eigenvalue weighted by Crippen LogP contribution is 2.41. The van der Waals surface area contributed by atoms with Gasteiger partial charge in [-0.15, -0.1) is 11.3 Å². The molecule has 1 fully saturated rings. The van der Waals surface area contributed by atoms with Gasteiger partial charge in [0.25, 0.3) is 0 Å². The van der Waals surface area contributed by atoms with Crippen LogP contribution >= 0.6 is 22.9 Å². The molecular formula is C16H21ClN2S. The summed E-state index contributed by atoms with van der Waals surface area (Å²) >= 11 is 8.05. The van der Waals surface area contributed by atoms with Gasteiger partial charge in [0.05, 0.1) is 20.9 Å². The molecule has 1 aliphatic rings. The van der Waals surface area contributed by atoms with Gasteiger partial charge >= 0.3 is 0 Å². The lowest BCUT2D eigenvalue weighted by molar-refractivity contribution is 0.177. The van der Waals surface area contributed by atoms with Crippen molar-refractivity contribution < 1.29 is 0 Å². The Balaban J connectivity index is 1.86. The fourth-order valence-electron chi connectivity index (χ4n) is 3.39. The summed E-state index contributed by atoms with van der Waals surface area (Å²) in [4.78, 5) is 4.47. The van der Waals surface area contributed by atoms with Crippen LogP contribution in [0.15, 0.2) is 17.6 Å². The highest BCUT2D eigenvalue weighted by atomic mass is 35.5. The largest absolute Gasteiger partial charge is 0.379 e. The molecule has 108 valence electrons. The zero-order chi connectivity index (χ0) is 14.3. The van der Waals surface area contributed by atoms with Crippen molar-refractivity contribution in [2.75, 3.05) is 5.32 Å². The van der Waals surface area contributed by atoms with Gasteiger partial charge in [0.2, 0.25) is 0 Å². The van der Waals surface area contributed by atoms with Gasteiger partial charge in [-0.2, -0.15) is 0 Å². The van der Waals surface area contributed by atoms with Gasteiger partial charge in [-0.25, -0.2) is 4.98 Å². The molecule has 2 atom stereocenters. The highest BCUT2D eigenvalue weighted by Gasteiger charge is 2.32. The van der Waals surface area contributed by atoms with Crippen LogP contribution < -0.4 is 5.32 Å². The first-order valence-corrected chi connectivity index (χ1v) is 8.50. The Bertz CT molecular complexity index is 620. The molecule has 3 rings (SSSR count). The van der Waals surface area contributed by atoms with Crippen molar-refractivity contribution in [2.45, 2.75) is 46.1 Å². The molecule has 1 aliphatic carbocycles. The molecule has 0 bridgehead atoms. The maximum absolute atomic E-state index is 6.39. The standard InChI is InChI=1S/C16H21ClN2S/c1-10-8-16(2,3)7-6-12(10)19-14-11(17)4-5-13-15(14)18-9-20-13/h4-5,9-10,12,19H,6-8H2,1-3H3. The number of nitrogens with zero attached hydrogens (tertiary/aromatic N) is 1. The first kappa shape index (κ1) is 14.2. The minimum atomic E-state index is 0.466. The molecule has 1 N–H and O–H groups in total. The monoisotopic (exact) mass is 308 g/mol. The molecule has 1 aromatic carbocycles. The van der Waals surface area contributed by atoms with Gasteiger partial charge in [-0.3, -0.25) is 0 Å². The van der Waals surface area contributed by atoms with Crippen molar-refractivity contribution in [2.24, 2.45) is 11.3 Å². The van der Waals surface area contributed by atoms with Gasteiger partial charge in [0.15, 0.2) is 0 Å². The Hall–Kier alpha value is -0.800. The molecular weight excluding hydrogens is 288 g/mol. The van der Waals surface area contributed by atoms with Gasteiger partial charge in [-0.1, -0.05) is 32.4 Å². The number of benzene rings is 1. The lowest BCUT2D eigenvalue weighted by atomic mass is 9.70. The third-order valence-electron chi connectivity index (χ3n) is 4.47. The molecule has 0 radical (unpaired) electrons. The molecule has 1 aromatic heterocycles. The van der Waals surface area contributed by atoms with E-state index in [1.807, 2.05) is 17.6 Å². The van der Waals surface area contributed by atoms with E-state index in [0.717, 1.165) is 16.2 Å². The summed E-state index contributed by atoms with van der Waals surface area (Å²) in [5.41, 5.74) is 4.38. The molecule has 1 heterocycles. The quantitative estimate of drug-likeness (QED) is 0.783. The first-order valence-electron chi connectivity index (χ1n) is 7.24. The number of nitrogens with one attached hydrogen (secondary N) is 1. The summed E-state index contributed by atoms with van der Waals surface area (Å²) in [6, 6.07) is 4.52. The normalized spacial score (nSPS) is 25.8. The minimum Gasteiger partial charge on any atom is -0.379 e. The van der Waals surface area contributed by atoms with Crippen LogP contribution in [0.2, 0.25) is 5.02 Å². The number of thiazole rings is 1. The molecule has 0 amide bonds. The second-order valence-corrected chi connectivity index (χ2v) is 8.05. The Morgan fingerprint density at radius 2 is 2.20 bits per heavy atom. The van der Waals surface area contributed by atoms with Crippen LogP contribution in [0.1, 0.15) is 40.0 Å². The number of rotatable bonds is 2. The molecule has 0 aliphatic heterocycles. The predicted octanol–water partition coefficient (Wildman–Crippen LogP) is 5.58. The Labute approximate surface area is 129 Å². The van der Waals surface area contributed by atoms with Gasteiger partial charge < -0.3 is 5.32 Å². The minimum absolute atomic E-state index is 0.466. The maximum atomic E-state index is 6.39. The molecule has 0 spiro atoms. The number of hydrogen-bond acceptors (Lipinski definition) is 3. The zero-order valence-electron chi connectivity index (χ0n) is 12.2. The Kier molecular flexibility index (Phi) is 3.67. The molecule has 2 nitrogen and oxygen atoms in total. The van der Waals surface area contributed by atoms with Gasteiger partial charge in [-0.05, 0) is 42.7 Å². The highest BCUT2D eigenvalue weighted by molar-refractivity contribution is 7.16. The summed E-state index contributed by atoms with van der Waals surface area (Å²) in [7, 11) is 0. The van der Waals surface area contributed by atoms with Crippen molar-refractivity contribution in [1.82, 2.24) is 4.98 Å². The van der Waals surface area contributed by atoms with E-state index in [2.05, 4.69) is 31.1 Å². The number of anilines is 1. The van der Waals surface area contributed by atoms with E-state index < -0.39 is 0 Å². The molecule has 0 saturated heterocycles. The van der Waals surface area contributed by atoms with E-state index in [4.69, 9.17) is 11.6 Å². The summed E-state index contributed by atoms with van der Waals surface area (Å²) in [5.74, 6) is 0.656. The van der Waals surface area contributed by atoms with Crippen LogP contribution in [-0.4, -0.2) is 11.0 Å². The lowest BCUT2D eigenvalue weighted by Crippen LogP contribution is -2.37.